The number of alkyl halides is 3. The van der Waals surface area contributed by atoms with E-state index in [0.717, 1.165) is 11.6 Å². The first-order chi connectivity index (χ1) is 15.1. The highest BCUT2D eigenvalue weighted by molar-refractivity contribution is 5.80. The fourth-order valence-corrected chi connectivity index (χ4v) is 3.00. The lowest BCUT2D eigenvalue weighted by atomic mass is 10.2. The van der Waals surface area contributed by atoms with Crippen molar-refractivity contribution in [1.82, 2.24) is 0 Å². The normalized spacial score (nSPS) is 12.4. The zero-order chi connectivity index (χ0) is 23.5. The molecule has 6 nitrogen and oxygen atoms in total. The maximum absolute atomic E-state index is 13.7. The van der Waals surface area contributed by atoms with Crippen LogP contribution < -0.4 is 14.9 Å². The molecule has 0 saturated carbocycles. The number of carbonyl (C=O) groups is 1. The molecule has 3 aromatic rings. The van der Waals surface area contributed by atoms with Crippen LogP contribution in [-0.4, -0.2) is 18.7 Å². The highest BCUT2D eigenvalue weighted by atomic mass is 19.4. The number of esters is 1. The van der Waals surface area contributed by atoms with Crippen LogP contribution in [0.3, 0.4) is 0 Å². The molecule has 0 saturated heterocycles. The molecule has 1 aromatic heterocycles. The molecule has 0 aliphatic heterocycles. The second-order valence-corrected chi connectivity index (χ2v) is 6.93. The van der Waals surface area contributed by atoms with Gasteiger partial charge in [-0.05, 0) is 50.1 Å². The maximum Gasteiger partial charge on any atom is 0.453 e. The third-order valence-corrected chi connectivity index (χ3v) is 4.49. The zero-order valence-corrected chi connectivity index (χ0v) is 17.6. The van der Waals surface area contributed by atoms with E-state index >= 15 is 0 Å². The van der Waals surface area contributed by atoms with Crippen molar-refractivity contribution in [3.05, 3.63) is 64.0 Å². The van der Waals surface area contributed by atoms with Gasteiger partial charge in [0.2, 0.25) is 11.2 Å². The Morgan fingerprint density at radius 3 is 2.47 bits per heavy atom. The Bertz CT molecular complexity index is 1180. The predicted octanol–water partition coefficient (Wildman–Crippen LogP) is 5.63. The van der Waals surface area contributed by atoms with Crippen molar-refractivity contribution < 1.29 is 36.6 Å². The van der Waals surface area contributed by atoms with Gasteiger partial charge >= 0.3 is 12.1 Å². The molecular weight excluding hydrogens is 429 g/mol. The molecule has 170 valence electrons. The Morgan fingerprint density at radius 1 is 1.09 bits per heavy atom. The number of rotatable bonds is 7. The molecule has 2 aromatic carbocycles. The minimum atomic E-state index is -4.99. The molecule has 0 unspecified atom stereocenters. The lowest BCUT2D eigenvalue weighted by Gasteiger charge is -2.17. The van der Waals surface area contributed by atoms with Crippen molar-refractivity contribution in [2.45, 2.75) is 39.5 Å². The lowest BCUT2D eigenvalue weighted by Crippen LogP contribution is -2.28. The van der Waals surface area contributed by atoms with E-state index in [9.17, 15) is 22.8 Å². The summed E-state index contributed by atoms with van der Waals surface area (Å²) in [4.78, 5) is 24.8. The van der Waals surface area contributed by atoms with Gasteiger partial charge in [0.05, 0.1) is 12.0 Å². The fraction of sp³-hybridized carbons (Fsp3) is 0.304. The molecule has 0 spiro atoms. The highest BCUT2D eigenvalue weighted by Gasteiger charge is 2.40. The van der Waals surface area contributed by atoms with E-state index in [-0.39, 0.29) is 35.5 Å². The summed E-state index contributed by atoms with van der Waals surface area (Å²) in [5.41, 5.74) is -0.589. The van der Waals surface area contributed by atoms with Gasteiger partial charge in [0, 0.05) is 6.07 Å². The minimum absolute atomic E-state index is 0.0565. The number of fused-ring (bicyclic) bond motifs is 1. The van der Waals surface area contributed by atoms with Crippen molar-refractivity contribution in [2.24, 2.45) is 0 Å². The summed E-state index contributed by atoms with van der Waals surface area (Å²) in [5, 5.41) is -0.128. The van der Waals surface area contributed by atoms with Gasteiger partial charge in [-0.2, -0.15) is 13.2 Å². The molecule has 9 heteroatoms. The average molecular weight is 450 g/mol. The number of halogens is 3. The first-order valence-electron chi connectivity index (χ1n) is 9.89. The van der Waals surface area contributed by atoms with Crippen molar-refractivity contribution in [1.29, 1.82) is 0 Å². The Labute approximate surface area is 181 Å². The Balaban J connectivity index is 2.07. The van der Waals surface area contributed by atoms with E-state index in [1.54, 1.807) is 32.9 Å². The summed E-state index contributed by atoms with van der Waals surface area (Å²) in [7, 11) is 0. The molecule has 0 aliphatic rings. The monoisotopic (exact) mass is 450 g/mol. The van der Waals surface area contributed by atoms with E-state index in [4.69, 9.17) is 18.6 Å². The Morgan fingerprint density at radius 2 is 1.84 bits per heavy atom. The first-order valence-corrected chi connectivity index (χ1v) is 9.89. The molecule has 32 heavy (non-hydrogen) atoms. The summed E-state index contributed by atoms with van der Waals surface area (Å²) in [6.45, 7) is 5.23. The van der Waals surface area contributed by atoms with Gasteiger partial charge in [-0.1, -0.05) is 19.1 Å². The maximum atomic E-state index is 13.7. The molecule has 0 fully saturated rings. The van der Waals surface area contributed by atoms with Gasteiger partial charge in [0.15, 0.2) is 6.10 Å². The topological polar surface area (TPSA) is 75.0 Å². The van der Waals surface area contributed by atoms with Crippen LogP contribution in [0.1, 0.15) is 31.6 Å². The molecule has 3 rings (SSSR count). The van der Waals surface area contributed by atoms with Crippen molar-refractivity contribution >= 4 is 16.9 Å². The predicted molar refractivity (Wildman–Crippen MR) is 110 cm³/mol. The smallest absolute Gasteiger partial charge is 0.453 e. The summed E-state index contributed by atoms with van der Waals surface area (Å²) in [6, 6.07) is 10.0. The Kier molecular flexibility index (Phi) is 6.76. The van der Waals surface area contributed by atoms with Crippen LogP contribution in [0.2, 0.25) is 0 Å². The van der Waals surface area contributed by atoms with Crippen LogP contribution in [-0.2, 0) is 15.7 Å². The SMILES string of the molecule is CCOC(=O)[C@H](CC)Oc1ccc2c(=O)c(Oc3cccc(C)c3)c(C(F)(F)F)oc2c1. The number of hydrogen-bond donors (Lipinski definition) is 0. The van der Waals surface area contributed by atoms with E-state index in [2.05, 4.69) is 0 Å². The third-order valence-electron chi connectivity index (χ3n) is 4.49. The van der Waals surface area contributed by atoms with Crippen LogP contribution in [0.4, 0.5) is 13.2 Å². The fourth-order valence-electron chi connectivity index (χ4n) is 3.00. The van der Waals surface area contributed by atoms with Gasteiger partial charge in [-0.25, -0.2) is 4.79 Å². The summed E-state index contributed by atoms with van der Waals surface area (Å²) < 4.78 is 61.9. The zero-order valence-electron chi connectivity index (χ0n) is 17.6. The van der Waals surface area contributed by atoms with E-state index in [1.165, 1.54) is 24.3 Å². The minimum Gasteiger partial charge on any atom is -0.479 e. The summed E-state index contributed by atoms with van der Waals surface area (Å²) in [6.07, 6.45) is -5.66. The molecule has 0 radical (unpaired) electrons. The first kappa shape index (κ1) is 23.2. The number of ether oxygens (including phenoxy) is 3. The van der Waals surface area contributed by atoms with E-state index < -0.39 is 35.2 Å². The van der Waals surface area contributed by atoms with Gasteiger partial charge in [0.1, 0.15) is 17.1 Å². The number of aryl methyl sites for hydroxylation is 1. The Hall–Kier alpha value is -3.49. The van der Waals surface area contributed by atoms with Gasteiger partial charge in [-0.15, -0.1) is 0 Å². The van der Waals surface area contributed by atoms with Crippen LogP contribution >= 0.6 is 0 Å². The quantitative estimate of drug-likeness (QED) is 0.434. The summed E-state index contributed by atoms with van der Waals surface area (Å²) >= 11 is 0. The van der Waals surface area contributed by atoms with Gasteiger partial charge < -0.3 is 18.6 Å². The largest absolute Gasteiger partial charge is 0.479 e. The van der Waals surface area contributed by atoms with E-state index in [1.807, 2.05) is 0 Å². The van der Waals surface area contributed by atoms with Crippen LogP contribution in [0.15, 0.2) is 51.7 Å². The van der Waals surface area contributed by atoms with Crippen LogP contribution in [0.25, 0.3) is 11.0 Å². The number of hydrogen-bond acceptors (Lipinski definition) is 6. The lowest BCUT2D eigenvalue weighted by molar-refractivity contribution is -0.154. The van der Waals surface area contributed by atoms with Gasteiger partial charge in [0.25, 0.3) is 5.76 Å². The average Bonchev–Trinajstić information content (AvgIpc) is 2.73. The second kappa shape index (κ2) is 9.33. The molecule has 0 aliphatic carbocycles. The molecule has 0 bridgehead atoms. The number of carbonyl (C=O) groups excluding carboxylic acids is 1. The number of benzene rings is 2. The van der Waals surface area contributed by atoms with Crippen LogP contribution in [0.5, 0.6) is 17.2 Å². The molecule has 1 atom stereocenters. The van der Waals surface area contributed by atoms with E-state index in [0.29, 0.717) is 0 Å². The van der Waals surface area contributed by atoms with Crippen molar-refractivity contribution in [3.63, 3.8) is 0 Å². The standard InChI is InChI=1S/C23H21F3O6/c1-4-17(22(28)29-5-2)30-15-9-10-16-18(12-15)32-21(23(24,25)26)20(19(16)27)31-14-8-6-7-13(3)11-14/h6-12,17H,4-5H2,1-3H3/t17-/m0/s1. The summed E-state index contributed by atoms with van der Waals surface area (Å²) in [5.74, 6) is -2.99. The van der Waals surface area contributed by atoms with Crippen molar-refractivity contribution in [3.8, 4) is 17.2 Å². The van der Waals surface area contributed by atoms with Gasteiger partial charge in [-0.3, -0.25) is 4.79 Å². The third kappa shape index (κ3) is 5.04. The second-order valence-electron chi connectivity index (χ2n) is 6.93. The highest BCUT2D eigenvalue weighted by Crippen LogP contribution is 2.38. The molecule has 1 heterocycles. The van der Waals surface area contributed by atoms with Crippen molar-refractivity contribution in [2.75, 3.05) is 6.61 Å². The molecule has 0 amide bonds. The molecular formula is C23H21F3O6. The molecule has 0 N–H and O–H groups in total. The van der Waals surface area contributed by atoms with Crippen LogP contribution in [0, 0.1) is 6.92 Å².